The second-order valence-corrected chi connectivity index (χ2v) is 4.65. The summed E-state index contributed by atoms with van der Waals surface area (Å²) in [6.07, 6.45) is 0. The summed E-state index contributed by atoms with van der Waals surface area (Å²) >= 11 is 0. The zero-order valence-corrected chi connectivity index (χ0v) is 10.4. The van der Waals surface area contributed by atoms with Gasteiger partial charge in [0, 0.05) is 19.0 Å². The average molecular weight is 224 g/mol. The monoisotopic (exact) mass is 224 g/mol. The van der Waals surface area contributed by atoms with E-state index in [4.69, 9.17) is 4.74 Å². The Kier molecular flexibility index (Phi) is 3.25. The van der Waals surface area contributed by atoms with Gasteiger partial charge < -0.3 is 10.1 Å². The van der Waals surface area contributed by atoms with E-state index >= 15 is 0 Å². The first kappa shape index (κ1) is 11.5. The van der Waals surface area contributed by atoms with Gasteiger partial charge in [0.25, 0.3) is 0 Å². The molecular weight excluding hydrogens is 204 g/mol. The normalized spacial score (nSPS) is 25.6. The molecule has 1 N–H and O–H groups in total. The number of ether oxygens (including phenoxy) is 1. The highest BCUT2D eigenvalue weighted by molar-refractivity contribution is 5.08. The number of nitrogens with one attached hydrogen (secondary N) is 1. The molecule has 1 saturated heterocycles. The standard InChI is InChI=1S/C11H20N4O/c1-7(2)10-13-11(15(4)14-10)8-5-16-6-9(8)12-3/h7-9,12H,5-6H2,1-4H3. The fraction of sp³-hybridized carbons (Fsp3) is 0.818. The van der Waals surface area contributed by atoms with Gasteiger partial charge in [-0.05, 0) is 7.05 Å². The number of likely N-dealkylation sites (N-methyl/N-ethyl adjacent to an activating group) is 1. The van der Waals surface area contributed by atoms with Gasteiger partial charge in [-0.3, -0.25) is 4.68 Å². The van der Waals surface area contributed by atoms with Crippen molar-refractivity contribution < 1.29 is 4.74 Å². The second kappa shape index (κ2) is 4.51. The molecule has 16 heavy (non-hydrogen) atoms. The van der Waals surface area contributed by atoms with Crippen molar-refractivity contribution in [2.45, 2.75) is 31.7 Å². The van der Waals surface area contributed by atoms with Gasteiger partial charge >= 0.3 is 0 Å². The predicted molar refractivity (Wildman–Crippen MR) is 61.5 cm³/mol. The van der Waals surface area contributed by atoms with E-state index in [-0.39, 0.29) is 0 Å². The van der Waals surface area contributed by atoms with Crippen LogP contribution in [0.2, 0.25) is 0 Å². The van der Waals surface area contributed by atoms with Gasteiger partial charge in [0.1, 0.15) is 5.82 Å². The largest absolute Gasteiger partial charge is 0.379 e. The molecule has 0 aliphatic carbocycles. The Hall–Kier alpha value is -0.940. The number of nitrogens with zero attached hydrogens (tertiary/aromatic N) is 3. The molecule has 2 rings (SSSR count). The van der Waals surface area contributed by atoms with Crippen molar-refractivity contribution in [3.8, 4) is 0 Å². The third-order valence-electron chi connectivity index (χ3n) is 3.11. The Bertz CT molecular complexity index is 361. The lowest BCUT2D eigenvalue weighted by Crippen LogP contribution is -2.32. The van der Waals surface area contributed by atoms with Crippen molar-refractivity contribution in [3.63, 3.8) is 0 Å². The van der Waals surface area contributed by atoms with Gasteiger partial charge in [0.2, 0.25) is 0 Å². The molecule has 2 heterocycles. The quantitative estimate of drug-likeness (QED) is 0.818. The molecule has 2 atom stereocenters. The third-order valence-corrected chi connectivity index (χ3v) is 3.11. The molecule has 0 saturated carbocycles. The van der Waals surface area contributed by atoms with Gasteiger partial charge in [-0.1, -0.05) is 13.8 Å². The Morgan fingerprint density at radius 1 is 1.44 bits per heavy atom. The molecule has 90 valence electrons. The SMILES string of the molecule is CNC1COCC1c1nc(C(C)C)nn1C. The zero-order valence-electron chi connectivity index (χ0n) is 10.4. The summed E-state index contributed by atoms with van der Waals surface area (Å²) in [5.41, 5.74) is 0. The van der Waals surface area contributed by atoms with E-state index in [2.05, 4.69) is 29.2 Å². The Morgan fingerprint density at radius 3 is 2.75 bits per heavy atom. The minimum absolute atomic E-state index is 0.315. The molecule has 5 heteroatoms. The van der Waals surface area contributed by atoms with E-state index in [0.717, 1.165) is 24.9 Å². The van der Waals surface area contributed by atoms with Gasteiger partial charge in [-0.2, -0.15) is 5.10 Å². The summed E-state index contributed by atoms with van der Waals surface area (Å²) in [7, 11) is 3.92. The van der Waals surface area contributed by atoms with Crippen LogP contribution in [0, 0.1) is 0 Å². The fourth-order valence-electron chi connectivity index (χ4n) is 2.08. The minimum atomic E-state index is 0.315. The minimum Gasteiger partial charge on any atom is -0.379 e. The lowest BCUT2D eigenvalue weighted by Gasteiger charge is -2.15. The van der Waals surface area contributed by atoms with E-state index in [1.165, 1.54) is 0 Å². The van der Waals surface area contributed by atoms with Crippen molar-refractivity contribution in [1.29, 1.82) is 0 Å². The van der Waals surface area contributed by atoms with E-state index < -0.39 is 0 Å². The van der Waals surface area contributed by atoms with Crippen molar-refractivity contribution in [1.82, 2.24) is 20.1 Å². The fourth-order valence-corrected chi connectivity index (χ4v) is 2.08. The summed E-state index contributed by atoms with van der Waals surface area (Å²) in [4.78, 5) is 4.62. The van der Waals surface area contributed by atoms with Crippen LogP contribution in [0.1, 0.15) is 37.3 Å². The highest BCUT2D eigenvalue weighted by Crippen LogP contribution is 2.25. The van der Waals surface area contributed by atoms with Gasteiger partial charge in [0.15, 0.2) is 5.82 Å². The van der Waals surface area contributed by atoms with E-state index in [9.17, 15) is 0 Å². The lowest BCUT2D eigenvalue weighted by molar-refractivity contribution is 0.187. The van der Waals surface area contributed by atoms with Crippen LogP contribution in [0.3, 0.4) is 0 Å². The van der Waals surface area contributed by atoms with Gasteiger partial charge in [-0.15, -0.1) is 0 Å². The van der Waals surface area contributed by atoms with Crippen molar-refractivity contribution in [2.24, 2.45) is 7.05 Å². The number of hydrogen-bond acceptors (Lipinski definition) is 4. The van der Waals surface area contributed by atoms with Crippen molar-refractivity contribution in [3.05, 3.63) is 11.6 Å². The van der Waals surface area contributed by atoms with Crippen LogP contribution >= 0.6 is 0 Å². The molecule has 5 nitrogen and oxygen atoms in total. The van der Waals surface area contributed by atoms with E-state index in [1.807, 2.05) is 18.8 Å². The first-order valence-electron chi connectivity index (χ1n) is 5.79. The van der Waals surface area contributed by atoms with Crippen LogP contribution < -0.4 is 5.32 Å². The maximum Gasteiger partial charge on any atom is 0.153 e. The first-order valence-corrected chi connectivity index (χ1v) is 5.79. The molecule has 1 aliphatic heterocycles. The zero-order chi connectivity index (χ0) is 11.7. The maximum absolute atomic E-state index is 5.50. The second-order valence-electron chi connectivity index (χ2n) is 4.65. The van der Waals surface area contributed by atoms with Crippen LogP contribution in [-0.4, -0.2) is 41.1 Å². The predicted octanol–water partition coefficient (Wildman–Crippen LogP) is 0.640. The molecule has 1 aromatic rings. The van der Waals surface area contributed by atoms with Crippen LogP contribution in [0.5, 0.6) is 0 Å². The Morgan fingerprint density at radius 2 is 2.19 bits per heavy atom. The molecule has 2 unspecified atom stereocenters. The van der Waals surface area contributed by atoms with Crippen molar-refractivity contribution in [2.75, 3.05) is 20.3 Å². The molecule has 0 aromatic carbocycles. The summed E-state index contributed by atoms with van der Waals surface area (Å²) < 4.78 is 7.38. The summed E-state index contributed by atoms with van der Waals surface area (Å²) in [5.74, 6) is 2.63. The molecule has 1 fully saturated rings. The highest BCUT2D eigenvalue weighted by atomic mass is 16.5. The molecule has 0 bridgehead atoms. The summed E-state index contributed by atoms with van der Waals surface area (Å²) in [6.45, 7) is 5.71. The Labute approximate surface area is 96.2 Å². The van der Waals surface area contributed by atoms with Crippen LogP contribution in [-0.2, 0) is 11.8 Å². The number of rotatable bonds is 3. The van der Waals surface area contributed by atoms with Crippen LogP contribution in [0.4, 0.5) is 0 Å². The molecule has 0 spiro atoms. The molecular formula is C11H20N4O. The topological polar surface area (TPSA) is 52.0 Å². The van der Waals surface area contributed by atoms with Crippen LogP contribution in [0.15, 0.2) is 0 Å². The summed E-state index contributed by atoms with van der Waals surface area (Å²) in [5, 5.41) is 7.72. The molecule has 0 radical (unpaired) electrons. The molecule has 0 amide bonds. The molecule has 1 aliphatic rings. The van der Waals surface area contributed by atoms with Gasteiger partial charge in [0.05, 0.1) is 19.1 Å². The number of aryl methyl sites for hydroxylation is 1. The first-order chi connectivity index (χ1) is 7.63. The highest BCUT2D eigenvalue weighted by Gasteiger charge is 2.32. The number of aromatic nitrogens is 3. The molecule has 1 aromatic heterocycles. The van der Waals surface area contributed by atoms with E-state index in [0.29, 0.717) is 17.9 Å². The average Bonchev–Trinajstić information content (AvgIpc) is 2.82. The van der Waals surface area contributed by atoms with E-state index in [1.54, 1.807) is 0 Å². The van der Waals surface area contributed by atoms with Crippen LogP contribution in [0.25, 0.3) is 0 Å². The van der Waals surface area contributed by atoms with Crippen molar-refractivity contribution >= 4 is 0 Å². The maximum atomic E-state index is 5.50. The smallest absolute Gasteiger partial charge is 0.153 e. The summed E-state index contributed by atoms with van der Waals surface area (Å²) in [6, 6.07) is 0.350. The number of hydrogen-bond donors (Lipinski definition) is 1. The van der Waals surface area contributed by atoms with Gasteiger partial charge in [-0.25, -0.2) is 4.98 Å². The third kappa shape index (κ3) is 1.97. The lowest BCUT2D eigenvalue weighted by atomic mass is 10.0. The Balaban J connectivity index is 2.25.